The second kappa shape index (κ2) is 75.8. The van der Waals surface area contributed by atoms with Crippen LogP contribution in [0.1, 0.15) is 373 Å². The molecule has 1 N–H and O–H groups in total. The minimum absolute atomic E-state index is 0.0743. The third kappa shape index (κ3) is 73.0. The second-order valence-corrected chi connectivity index (χ2v) is 25.0. The van der Waals surface area contributed by atoms with Crippen molar-refractivity contribution in [1.29, 1.82) is 0 Å². The van der Waals surface area contributed by atoms with Crippen molar-refractivity contribution < 1.29 is 24.2 Å². The standard InChI is InChI=1S/C81H142O5/c1-3-5-7-9-11-13-15-17-19-21-23-25-27-29-31-33-35-36-37-38-39-40-41-42-43-44-46-47-49-51-53-55-57-59-61-63-65-67-69-71-73-75-80(83)85-78-79(77-82)86-81(84)76-74-72-70-68-66-64-62-60-58-56-54-52-50-48-45-34-32-30-28-26-24-22-20-18-16-14-12-10-8-6-4-2/h6,8,12,14,18,20-21,23-24,26,30,32,45,48,52,54,58,60,79,82H,3-5,7,9-11,13,15-17,19,22,25,27-29,31,33-44,46-47,49-51,53,55-57,59,61-78H2,1-2H3/b8-6-,14-12-,20-18-,23-21-,26-24-,32-30-,48-45-,54-52-,60-58-. The van der Waals surface area contributed by atoms with E-state index < -0.39 is 6.10 Å². The van der Waals surface area contributed by atoms with E-state index in [2.05, 4.69) is 123 Å². The van der Waals surface area contributed by atoms with E-state index in [9.17, 15) is 14.7 Å². The van der Waals surface area contributed by atoms with Crippen LogP contribution in [0.5, 0.6) is 0 Å². The van der Waals surface area contributed by atoms with Gasteiger partial charge in [-0.1, -0.05) is 367 Å². The molecule has 0 saturated carbocycles. The minimum atomic E-state index is -0.788. The predicted octanol–water partition coefficient (Wildman–Crippen LogP) is 26.3. The average Bonchev–Trinajstić information content (AvgIpc) is 3.55. The van der Waals surface area contributed by atoms with Crippen LogP contribution < -0.4 is 0 Å². The molecular weight excluding hydrogens is 1050 g/mol. The Labute approximate surface area is 535 Å². The summed E-state index contributed by atoms with van der Waals surface area (Å²) in [6, 6.07) is 0. The van der Waals surface area contributed by atoms with Gasteiger partial charge in [-0.3, -0.25) is 9.59 Å². The van der Waals surface area contributed by atoms with Crippen LogP contribution in [0, 0.1) is 0 Å². The lowest BCUT2D eigenvalue weighted by molar-refractivity contribution is -0.161. The first-order valence-corrected chi connectivity index (χ1v) is 37.4. The lowest BCUT2D eigenvalue weighted by atomic mass is 10.0. The largest absolute Gasteiger partial charge is 0.462 e. The van der Waals surface area contributed by atoms with Gasteiger partial charge >= 0.3 is 11.9 Å². The molecule has 496 valence electrons. The number of ether oxygens (including phenoxy) is 2. The van der Waals surface area contributed by atoms with Crippen molar-refractivity contribution in [2.45, 2.75) is 380 Å². The van der Waals surface area contributed by atoms with Crippen LogP contribution in [-0.2, 0) is 19.1 Å². The summed E-state index contributed by atoms with van der Waals surface area (Å²) in [6.07, 6.45) is 110. The Morgan fingerprint density at radius 1 is 0.279 bits per heavy atom. The Balaban J connectivity index is 3.45. The number of hydrogen-bond acceptors (Lipinski definition) is 5. The van der Waals surface area contributed by atoms with Gasteiger partial charge in [-0.05, 0) is 103 Å². The zero-order chi connectivity index (χ0) is 61.9. The highest BCUT2D eigenvalue weighted by Crippen LogP contribution is 2.18. The molecular formula is C81H142O5. The fourth-order valence-electron chi connectivity index (χ4n) is 11.0. The van der Waals surface area contributed by atoms with Gasteiger partial charge in [0.25, 0.3) is 0 Å². The van der Waals surface area contributed by atoms with Gasteiger partial charge in [0.2, 0.25) is 0 Å². The number of esters is 2. The molecule has 1 unspecified atom stereocenters. The van der Waals surface area contributed by atoms with Gasteiger partial charge < -0.3 is 14.6 Å². The maximum atomic E-state index is 12.4. The molecule has 0 aliphatic carbocycles. The summed E-state index contributed by atoms with van der Waals surface area (Å²) in [5.41, 5.74) is 0. The number of rotatable bonds is 69. The fourth-order valence-corrected chi connectivity index (χ4v) is 11.0. The highest BCUT2D eigenvalue weighted by atomic mass is 16.6. The Bertz CT molecular complexity index is 1640. The molecule has 0 aliphatic rings. The van der Waals surface area contributed by atoms with Crippen molar-refractivity contribution in [1.82, 2.24) is 0 Å². The van der Waals surface area contributed by atoms with Crippen LogP contribution in [0.25, 0.3) is 0 Å². The first-order valence-electron chi connectivity index (χ1n) is 37.4. The van der Waals surface area contributed by atoms with Crippen molar-refractivity contribution in [3.8, 4) is 0 Å². The molecule has 5 nitrogen and oxygen atoms in total. The maximum absolute atomic E-state index is 12.4. The first kappa shape index (κ1) is 82.6. The Morgan fingerprint density at radius 2 is 0.500 bits per heavy atom. The molecule has 0 fully saturated rings. The summed E-state index contributed by atoms with van der Waals surface area (Å²) >= 11 is 0. The third-order valence-electron chi connectivity index (χ3n) is 16.6. The normalized spacial score (nSPS) is 12.8. The molecule has 0 aliphatic heterocycles. The van der Waals surface area contributed by atoms with E-state index in [0.29, 0.717) is 12.8 Å². The van der Waals surface area contributed by atoms with Crippen LogP contribution in [0.15, 0.2) is 109 Å². The van der Waals surface area contributed by atoms with Crippen molar-refractivity contribution in [2.24, 2.45) is 0 Å². The number of aliphatic hydroxyl groups excluding tert-OH is 1. The van der Waals surface area contributed by atoms with Crippen LogP contribution in [-0.4, -0.2) is 36.4 Å². The van der Waals surface area contributed by atoms with E-state index in [4.69, 9.17) is 9.47 Å². The van der Waals surface area contributed by atoms with E-state index in [1.807, 2.05) is 0 Å². The van der Waals surface area contributed by atoms with Gasteiger partial charge in [-0.25, -0.2) is 0 Å². The molecule has 0 aromatic carbocycles. The quantitative estimate of drug-likeness (QED) is 0.0373. The Morgan fingerprint density at radius 3 is 0.767 bits per heavy atom. The highest BCUT2D eigenvalue weighted by molar-refractivity contribution is 5.70. The van der Waals surface area contributed by atoms with Gasteiger partial charge in [0.05, 0.1) is 6.61 Å². The average molecular weight is 1200 g/mol. The Kier molecular flexibility index (Phi) is 72.8. The van der Waals surface area contributed by atoms with Crippen molar-refractivity contribution in [3.05, 3.63) is 109 Å². The van der Waals surface area contributed by atoms with E-state index in [1.54, 1.807) is 0 Å². The molecule has 0 rings (SSSR count). The van der Waals surface area contributed by atoms with Crippen LogP contribution in [0.4, 0.5) is 0 Å². The smallest absolute Gasteiger partial charge is 0.306 e. The third-order valence-corrected chi connectivity index (χ3v) is 16.6. The molecule has 0 radical (unpaired) electrons. The van der Waals surface area contributed by atoms with Crippen LogP contribution in [0.3, 0.4) is 0 Å². The molecule has 1 atom stereocenters. The van der Waals surface area contributed by atoms with E-state index in [1.165, 1.54) is 250 Å². The van der Waals surface area contributed by atoms with Crippen LogP contribution in [0.2, 0.25) is 0 Å². The summed E-state index contributed by atoms with van der Waals surface area (Å²) in [7, 11) is 0. The topological polar surface area (TPSA) is 72.8 Å². The zero-order valence-electron chi connectivity index (χ0n) is 57.1. The number of carbonyl (C=O) groups is 2. The Hall–Kier alpha value is -3.44. The minimum Gasteiger partial charge on any atom is -0.462 e. The van der Waals surface area contributed by atoms with Gasteiger partial charge in [-0.15, -0.1) is 0 Å². The SMILES string of the molecule is CC/C=C\C/C=C\C/C=C\C/C=C\C/C=C\C/C=C\C/C=C\C/C=C\CCCCCCCCC(=O)OC(CO)COC(=O)CCCCCCCCCCCCCCCCCCCCCCCCCCCCCCC/C=C\CCCCCCCCCC. The van der Waals surface area contributed by atoms with Gasteiger partial charge in [0, 0.05) is 12.8 Å². The maximum Gasteiger partial charge on any atom is 0.306 e. The molecule has 0 bridgehead atoms. The number of allylic oxidation sites excluding steroid dienone is 18. The van der Waals surface area contributed by atoms with Crippen molar-refractivity contribution >= 4 is 11.9 Å². The monoisotopic (exact) mass is 1200 g/mol. The summed E-state index contributed by atoms with van der Waals surface area (Å²) in [6.45, 7) is 4.05. The molecule has 0 spiro atoms. The molecule has 0 aromatic rings. The number of unbranched alkanes of at least 4 members (excludes halogenated alkanes) is 43. The molecule has 86 heavy (non-hydrogen) atoms. The number of hydrogen-bond donors (Lipinski definition) is 1. The lowest BCUT2D eigenvalue weighted by Crippen LogP contribution is -2.28. The van der Waals surface area contributed by atoms with Gasteiger partial charge in [0.15, 0.2) is 6.10 Å². The predicted molar refractivity (Wildman–Crippen MR) is 380 cm³/mol. The van der Waals surface area contributed by atoms with Gasteiger partial charge in [0.1, 0.15) is 6.61 Å². The highest BCUT2D eigenvalue weighted by Gasteiger charge is 2.16. The lowest BCUT2D eigenvalue weighted by Gasteiger charge is -2.15. The molecule has 0 saturated heterocycles. The summed E-state index contributed by atoms with van der Waals surface area (Å²) in [5.74, 6) is -0.599. The van der Waals surface area contributed by atoms with E-state index >= 15 is 0 Å². The molecule has 0 heterocycles. The van der Waals surface area contributed by atoms with E-state index in [-0.39, 0.29) is 25.2 Å². The van der Waals surface area contributed by atoms with Crippen LogP contribution >= 0.6 is 0 Å². The summed E-state index contributed by atoms with van der Waals surface area (Å²) in [4.78, 5) is 24.7. The molecule has 0 aromatic heterocycles. The fraction of sp³-hybridized carbons (Fsp3) is 0.753. The summed E-state index contributed by atoms with van der Waals surface area (Å²) < 4.78 is 10.8. The van der Waals surface area contributed by atoms with Crippen molar-refractivity contribution in [2.75, 3.05) is 13.2 Å². The molecule has 0 amide bonds. The van der Waals surface area contributed by atoms with Gasteiger partial charge in [-0.2, -0.15) is 0 Å². The number of aliphatic hydroxyl groups is 1. The zero-order valence-corrected chi connectivity index (χ0v) is 57.1. The summed E-state index contributed by atoms with van der Waals surface area (Å²) in [5, 5.41) is 9.71. The van der Waals surface area contributed by atoms with E-state index in [0.717, 1.165) is 96.3 Å². The van der Waals surface area contributed by atoms with Crippen molar-refractivity contribution in [3.63, 3.8) is 0 Å². The molecule has 5 heteroatoms. The second-order valence-electron chi connectivity index (χ2n) is 25.0. The first-order chi connectivity index (χ1) is 42.6. The number of carbonyl (C=O) groups excluding carboxylic acids is 2.